The standard InChI is InChI=1S/C21H25N3O5/c1-2-3-4-5-6-11-22-18(26)13-7-8-14-15(12-13)21(29)24(20(14)28)16-9-10-17(25)23-19(16)27/h7-8,12,16H,2-6,9-11H2,1H3,(H,22,26)(H,23,25,27). The molecule has 2 aliphatic heterocycles. The summed E-state index contributed by atoms with van der Waals surface area (Å²) in [6.45, 7) is 2.69. The number of nitrogens with one attached hydrogen (secondary N) is 2. The fourth-order valence-corrected chi connectivity index (χ4v) is 3.64. The maximum absolute atomic E-state index is 12.8. The number of hydrogen-bond donors (Lipinski definition) is 2. The molecule has 1 unspecified atom stereocenters. The van der Waals surface area contributed by atoms with E-state index in [1.165, 1.54) is 24.6 Å². The molecule has 154 valence electrons. The zero-order valence-electron chi connectivity index (χ0n) is 16.5. The fourth-order valence-electron chi connectivity index (χ4n) is 3.64. The van der Waals surface area contributed by atoms with Crippen molar-refractivity contribution < 1.29 is 24.0 Å². The molecule has 2 aliphatic rings. The minimum Gasteiger partial charge on any atom is -0.352 e. The summed E-state index contributed by atoms with van der Waals surface area (Å²) in [6, 6.07) is 3.33. The number of benzene rings is 1. The van der Waals surface area contributed by atoms with E-state index in [1.807, 2.05) is 0 Å². The van der Waals surface area contributed by atoms with Gasteiger partial charge in [-0.1, -0.05) is 32.6 Å². The average Bonchev–Trinajstić information content (AvgIpc) is 2.95. The van der Waals surface area contributed by atoms with Crippen molar-refractivity contribution in [2.24, 2.45) is 0 Å². The molecule has 5 amide bonds. The van der Waals surface area contributed by atoms with Gasteiger partial charge in [0.05, 0.1) is 11.1 Å². The maximum Gasteiger partial charge on any atom is 0.262 e. The van der Waals surface area contributed by atoms with Gasteiger partial charge in [-0.2, -0.15) is 0 Å². The fraction of sp³-hybridized carbons (Fsp3) is 0.476. The predicted molar refractivity (Wildman–Crippen MR) is 104 cm³/mol. The summed E-state index contributed by atoms with van der Waals surface area (Å²) in [4.78, 5) is 62.1. The van der Waals surface area contributed by atoms with E-state index in [-0.39, 0.29) is 29.9 Å². The Bertz CT molecular complexity index is 864. The number of piperidine rings is 1. The van der Waals surface area contributed by atoms with Gasteiger partial charge in [0.2, 0.25) is 11.8 Å². The van der Waals surface area contributed by atoms with Gasteiger partial charge >= 0.3 is 0 Å². The number of carbonyl (C=O) groups is 5. The quantitative estimate of drug-likeness (QED) is 0.511. The highest BCUT2D eigenvalue weighted by atomic mass is 16.2. The Morgan fingerprint density at radius 1 is 1.07 bits per heavy atom. The average molecular weight is 399 g/mol. The van der Waals surface area contributed by atoms with Gasteiger partial charge in [0, 0.05) is 18.5 Å². The van der Waals surface area contributed by atoms with Gasteiger partial charge in [0.25, 0.3) is 17.7 Å². The molecule has 1 aromatic rings. The van der Waals surface area contributed by atoms with Crippen molar-refractivity contribution in [3.05, 3.63) is 34.9 Å². The van der Waals surface area contributed by atoms with Crippen LogP contribution in [0.1, 0.15) is 82.9 Å². The van der Waals surface area contributed by atoms with Crippen LogP contribution in [0, 0.1) is 0 Å². The Labute approximate surface area is 169 Å². The lowest BCUT2D eigenvalue weighted by Crippen LogP contribution is -2.54. The van der Waals surface area contributed by atoms with Crippen molar-refractivity contribution in [1.82, 2.24) is 15.5 Å². The third kappa shape index (κ3) is 4.36. The number of amides is 5. The monoisotopic (exact) mass is 399 g/mol. The van der Waals surface area contributed by atoms with E-state index in [1.54, 1.807) is 0 Å². The third-order valence-electron chi connectivity index (χ3n) is 5.27. The first-order chi connectivity index (χ1) is 13.9. The van der Waals surface area contributed by atoms with E-state index in [0.29, 0.717) is 12.1 Å². The van der Waals surface area contributed by atoms with E-state index in [2.05, 4.69) is 17.6 Å². The molecule has 1 saturated heterocycles. The van der Waals surface area contributed by atoms with Gasteiger partial charge in [-0.3, -0.25) is 34.2 Å². The largest absolute Gasteiger partial charge is 0.352 e. The number of fused-ring (bicyclic) bond motifs is 1. The summed E-state index contributed by atoms with van der Waals surface area (Å²) in [5.74, 6) is -2.58. The second kappa shape index (κ2) is 8.98. The summed E-state index contributed by atoms with van der Waals surface area (Å²) in [6.07, 6.45) is 5.57. The van der Waals surface area contributed by atoms with Crippen LogP contribution >= 0.6 is 0 Å². The minimum absolute atomic E-state index is 0.0652. The summed E-state index contributed by atoms with van der Waals surface area (Å²) in [5.41, 5.74) is 0.565. The van der Waals surface area contributed by atoms with E-state index in [0.717, 1.165) is 30.6 Å². The summed E-state index contributed by atoms with van der Waals surface area (Å²) in [5, 5.41) is 4.99. The van der Waals surface area contributed by atoms with E-state index in [4.69, 9.17) is 0 Å². The molecule has 3 rings (SSSR count). The zero-order valence-corrected chi connectivity index (χ0v) is 16.5. The van der Waals surface area contributed by atoms with Crippen LogP contribution < -0.4 is 10.6 Å². The molecular weight excluding hydrogens is 374 g/mol. The molecule has 8 nitrogen and oxygen atoms in total. The number of unbranched alkanes of at least 4 members (excludes halogenated alkanes) is 4. The molecule has 0 radical (unpaired) electrons. The first kappa shape index (κ1) is 20.7. The molecule has 1 aromatic carbocycles. The number of nitrogens with zero attached hydrogens (tertiary/aromatic N) is 1. The maximum atomic E-state index is 12.8. The van der Waals surface area contributed by atoms with Gasteiger partial charge < -0.3 is 5.32 Å². The van der Waals surface area contributed by atoms with E-state index < -0.39 is 29.7 Å². The Morgan fingerprint density at radius 2 is 1.79 bits per heavy atom. The summed E-state index contributed by atoms with van der Waals surface area (Å²) >= 11 is 0. The molecule has 0 bridgehead atoms. The molecule has 0 spiro atoms. The molecule has 0 aromatic heterocycles. The Hall–Kier alpha value is -3.03. The van der Waals surface area contributed by atoms with Crippen molar-refractivity contribution >= 4 is 29.5 Å². The SMILES string of the molecule is CCCCCCCNC(=O)c1ccc2c(c1)C(=O)N(C1CCC(=O)NC1=O)C2=O. The normalized spacial score (nSPS) is 18.7. The third-order valence-corrected chi connectivity index (χ3v) is 5.27. The Kier molecular flexibility index (Phi) is 6.41. The highest BCUT2D eigenvalue weighted by Crippen LogP contribution is 2.28. The number of imide groups is 2. The second-order valence-electron chi connectivity index (χ2n) is 7.38. The highest BCUT2D eigenvalue weighted by Gasteiger charge is 2.44. The minimum atomic E-state index is -1.01. The number of hydrogen-bond acceptors (Lipinski definition) is 5. The molecule has 1 atom stereocenters. The van der Waals surface area contributed by atoms with Crippen LogP contribution in [0.5, 0.6) is 0 Å². The molecule has 1 fully saturated rings. The smallest absolute Gasteiger partial charge is 0.262 e. The van der Waals surface area contributed by atoms with Gasteiger partial charge in [-0.05, 0) is 31.0 Å². The lowest BCUT2D eigenvalue weighted by molar-refractivity contribution is -0.136. The first-order valence-electron chi connectivity index (χ1n) is 10.1. The predicted octanol–water partition coefficient (Wildman–Crippen LogP) is 1.79. The van der Waals surface area contributed by atoms with Gasteiger partial charge in [0.15, 0.2) is 0 Å². The van der Waals surface area contributed by atoms with Crippen molar-refractivity contribution in [3.8, 4) is 0 Å². The summed E-state index contributed by atoms with van der Waals surface area (Å²) in [7, 11) is 0. The molecule has 0 aliphatic carbocycles. The summed E-state index contributed by atoms with van der Waals surface area (Å²) < 4.78 is 0. The second-order valence-corrected chi connectivity index (χ2v) is 7.38. The van der Waals surface area contributed by atoms with Crippen molar-refractivity contribution in [2.45, 2.75) is 57.9 Å². The van der Waals surface area contributed by atoms with Crippen LogP contribution in [0.15, 0.2) is 18.2 Å². The number of carbonyl (C=O) groups excluding carboxylic acids is 5. The van der Waals surface area contributed by atoms with Crippen LogP contribution in [0.4, 0.5) is 0 Å². The molecule has 8 heteroatoms. The number of rotatable bonds is 8. The topological polar surface area (TPSA) is 113 Å². The molecule has 2 N–H and O–H groups in total. The molecule has 29 heavy (non-hydrogen) atoms. The molecular formula is C21H25N3O5. The van der Waals surface area contributed by atoms with Crippen molar-refractivity contribution in [1.29, 1.82) is 0 Å². The zero-order chi connectivity index (χ0) is 21.0. The van der Waals surface area contributed by atoms with Crippen LogP contribution in [-0.2, 0) is 9.59 Å². The van der Waals surface area contributed by atoms with Crippen molar-refractivity contribution in [2.75, 3.05) is 6.54 Å². The van der Waals surface area contributed by atoms with Crippen LogP contribution in [0.2, 0.25) is 0 Å². The lowest BCUT2D eigenvalue weighted by atomic mass is 10.0. The molecule has 0 saturated carbocycles. The van der Waals surface area contributed by atoms with Crippen LogP contribution in [0.3, 0.4) is 0 Å². The molecule has 2 heterocycles. The van der Waals surface area contributed by atoms with Crippen LogP contribution in [-0.4, -0.2) is 47.0 Å². The van der Waals surface area contributed by atoms with E-state index >= 15 is 0 Å². The van der Waals surface area contributed by atoms with Crippen LogP contribution in [0.25, 0.3) is 0 Å². The highest BCUT2D eigenvalue weighted by molar-refractivity contribution is 6.24. The Balaban J connectivity index is 1.67. The van der Waals surface area contributed by atoms with Gasteiger partial charge in [-0.15, -0.1) is 0 Å². The first-order valence-corrected chi connectivity index (χ1v) is 10.1. The van der Waals surface area contributed by atoms with E-state index in [9.17, 15) is 24.0 Å². The Morgan fingerprint density at radius 3 is 2.52 bits per heavy atom. The van der Waals surface area contributed by atoms with Crippen molar-refractivity contribution in [3.63, 3.8) is 0 Å². The van der Waals surface area contributed by atoms with Gasteiger partial charge in [0.1, 0.15) is 6.04 Å². The van der Waals surface area contributed by atoms with Gasteiger partial charge in [-0.25, -0.2) is 0 Å². The lowest BCUT2D eigenvalue weighted by Gasteiger charge is -2.27.